The number of phenolic OH excluding ortho intramolecular Hbond substituents is 1. The van der Waals surface area contributed by atoms with Crippen LogP contribution in [-0.4, -0.2) is 37.6 Å². The first-order valence-electron chi connectivity index (χ1n) is 7.03. The fourth-order valence-corrected chi connectivity index (χ4v) is 3.47. The maximum absolute atomic E-state index is 11.6. The number of anilines is 1. The highest BCUT2D eigenvalue weighted by Crippen LogP contribution is 2.34. The number of aromatic hydroxyl groups is 1. The van der Waals surface area contributed by atoms with Crippen LogP contribution in [0.5, 0.6) is 5.75 Å². The number of rotatable bonds is 6. The number of unbranched alkanes of at least 4 members (excludes halogenated alkanes) is 1. The average Bonchev–Trinajstić information content (AvgIpc) is 2.45. The van der Waals surface area contributed by atoms with Crippen molar-refractivity contribution in [2.24, 2.45) is 0 Å². The normalized spacial score (nSPS) is 12.5. The molecule has 0 aromatic heterocycles. The second-order valence-electron chi connectivity index (χ2n) is 5.24. The quantitative estimate of drug-likeness (QED) is 0.445. The zero-order valence-corrected chi connectivity index (χ0v) is 14.4. The Morgan fingerprint density at radius 1 is 1.00 bits per heavy atom. The van der Waals surface area contributed by atoms with Gasteiger partial charge >= 0.3 is 0 Å². The van der Waals surface area contributed by atoms with Crippen LogP contribution in [0.15, 0.2) is 34.1 Å². The van der Waals surface area contributed by atoms with Gasteiger partial charge in [-0.15, -0.1) is 0 Å². The minimum atomic E-state index is -4.58. The molecule has 0 aliphatic heterocycles. The Hall–Kier alpha value is -1.88. The zero-order valence-electron chi connectivity index (χ0n) is 12.7. The summed E-state index contributed by atoms with van der Waals surface area (Å²) in [4.78, 5) is -1.03. The van der Waals surface area contributed by atoms with Crippen LogP contribution >= 0.6 is 0 Å². The van der Waals surface area contributed by atoms with Crippen molar-refractivity contribution in [3.63, 3.8) is 0 Å². The summed E-state index contributed by atoms with van der Waals surface area (Å²) < 4.78 is 64.1. The number of nitrogens with one attached hydrogen (secondary N) is 1. The molecule has 4 N–H and O–H groups in total. The molecule has 0 fully saturated rings. The van der Waals surface area contributed by atoms with Crippen molar-refractivity contribution in [1.82, 2.24) is 0 Å². The van der Waals surface area contributed by atoms with Gasteiger partial charge in [0.25, 0.3) is 20.2 Å². The van der Waals surface area contributed by atoms with Gasteiger partial charge in [0.05, 0.1) is 10.6 Å². The van der Waals surface area contributed by atoms with Gasteiger partial charge in [0.2, 0.25) is 0 Å². The zero-order chi connectivity index (χ0) is 18.1. The van der Waals surface area contributed by atoms with Crippen molar-refractivity contribution >= 4 is 36.7 Å². The summed E-state index contributed by atoms with van der Waals surface area (Å²) >= 11 is 0. The fourth-order valence-electron chi connectivity index (χ4n) is 2.24. The SMILES string of the molecule is CCCCNc1cc2c(O)cc(S(=O)(=O)O)cc2cc1S(=O)(=O)O. The number of hydrogen-bond acceptors (Lipinski definition) is 6. The summed E-state index contributed by atoms with van der Waals surface area (Å²) in [7, 11) is -9.16. The Labute approximate surface area is 139 Å². The van der Waals surface area contributed by atoms with Gasteiger partial charge in [-0.3, -0.25) is 9.11 Å². The van der Waals surface area contributed by atoms with E-state index in [9.17, 15) is 26.5 Å². The molecular weight excluding hydrogens is 358 g/mol. The largest absolute Gasteiger partial charge is 0.507 e. The highest BCUT2D eigenvalue weighted by Gasteiger charge is 2.20. The van der Waals surface area contributed by atoms with Gasteiger partial charge in [0.1, 0.15) is 10.6 Å². The van der Waals surface area contributed by atoms with Gasteiger partial charge < -0.3 is 10.4 Å². The molecule has 10 heteroatoms. The molecule has 0 spiro atoms. The highest BCUT2D eigenvalue weighted by atomic mass is 32.2. The molecule has 0 bridgehead atoms. The lowest BCUT2D eigenvalue weighted by atomic mass is 10.1. The van der Waals surface area contributed by atoms with E-state index in [1.165, 1.54) is 6.07 Å². The smallest absolute Gasteiger partial charge is 0.296 e. The summed E-state index contributed by atoms with van der Waals surface area (Å²) in [5, 5.41) is 13.1. The van der Waals surface area contributed by atoms with Crippen LogP contribution < -0.4 is 5.32 Å². The summed E-state index contributed by atoms with van der Waals surface area (Å²) in [5.74, 6) is -0.444. The predicted octanol–water partition coefficient (Wildman–Crippen LogP) is 2.25. The Bertz CT molecular complexity index is 982. The van der Waals surface area contributed by atoms with Crippen molar-refractivity contribution in [1.29, 1.82) is 0 Å². The molecule has 2 aromatic carbocycles. The van der Waals surface area contributed by atoms with E-state index in [0.29, 0.717) is 6.54 Å². The number of fused-ring (bicyclic) bond motifs is 1. The van der Waals surface area contributed by atoms with Crippen LogP contribution in [0, 0.1) is 0 Å². The van der Waals surface area contributed by atoms with Gasteiger partial charge in [0.15, 0.2) is 0 Å². The second kappa shape index (κ2) is 6.55. The minimum absolute atomic E-state index is 0.0382. The molecule has 0 saturated heterocycles. The molecule has 0 amide bonds. The lowest BCUT2D eigenvalue weighted by Gasteiger charge is -2.13. The molecule has 0 heterocycles. The molecule has 132 valence electrons. The summed E-state index contributed by atoms with van der Waals surface area (Å²) in [6, 6.07) is 4.21. The summed E-state index contributed by atoms with van der Waals surface area (Å²) in [5.41, 5.74) is 0.0911. The molecule has 8 nitrogen and oxygen atoms in total. The van der Waals surface area contributed by atoms with E-state index in [4.69, 9.17) is 4.55 Å². The Kier molecular flexibility index (Phi) is 5.04. The Morgan fingerprint density at radius 3 is 2.21 bits per heavy atom. The predicted molar refractivity (Wildman–Crippen MR) is 88.6 cm³/mol. The number of phenols is 1. The van der Waals surface area contributed by atoms with E-state index in [0.717, 1.165) is 31.0 Å². The first kappa shape index (κ1) is 18.5. The first-order valence-corrected chi connectivity index (χ1v) is 9.91. The van der Waals surface area contributed by atoms with Gasteiger partial charge in [-0.2, -0.15) is 16.8 Å². The van der Waals surface area contributed by atoms with Gasteiger partial charge in [-0.1, -0.05) is 13.3 Å². The molecule has 0 radical (unpaired) electrons. The first-order chi connectivity index (χ1) is 11.0. The Balaban J connectivity index is 2.73. The third-order valence-electron chi connectivity index (χ3n) is 3.43. The molecule has 0 aliphatic rings. The van der Waals surface area contributed by atoms with Crippen LogP contribution in [-0.2, 0) is 20.2 Å². The van der Waals surface area contributed by atoms with Crippen molar-refractivity contribution in [2.75, 3.05) is 11.9 Å². The minimum Gasteiger partial charge on any atom is -0.507 e. The molecule has 0 unspecified atom stereocenters. The van der Waals surface area contributed by atoms with Gasteiger partial charge in [-0.25, -0.2) is 0 Å². The topological polar surface area (TPSA) is 141 Å². The van der Waals surface area contributed by atoms with Gasteiger partial charge in [-0.05, 0) is 30.0 Å². The van der Waals surface area contributed by atoms with E-state index < -0.39 is 35.8 Å². The van der Waals surface area contributed by atoms with E-state index in [1.807, 2.05) is 6.92 Å². The van der Waals surface area contributed by atoms with Crippen LogP contribution in [0.1, 0.15) is 19.8 Å². The lowest BCUT2D eigenvalue weighted by molar-refractivity contribution is 0.471. The third-order valence-corrected chi connectivity index (χ3v) is 5.15. The Morgan fingerprint density at radius 2 is 1.67 bits per heavy atom. The molecule has 24 heavy (non-hydrogen) atoms. The van der Waals surface area contributed by atoms with Crippen molar-refractivity contribution in [3.05, 3.63) is 24.3 Å². The third kappa shape index (κ3) is 3.96. The van der Waals surface area contributed by atoms with Gasteiger partial charge in [0, 0.05) is 18.0 Å². The number of hydrogen-bond donors (Lipinski definition) is 4. The van der Waals surface area contributed by atoms with Crippen LogP contribution in [0.4, 0.5) is 5.69 Å². The monoisotopic (exact) mass is 375 g/mol. The molecule has 0 aliphatic carbocycles. The molecule has 0 saturated carbocycles. The van der Waals surface area contributed by atoms with E-state index in [2.05, 4.69) is 5.32 Å². The molecule has 2 rings (SSSR count). The van der Waals surface area contributed by atoms with E-state index in [-0.39, 0.29) is 16.5 Å². The van der Waals surface area contributed by atoms with Crippen LogP contribution in [0.2, 0.25) is 0 Å². The average molecular weight is 375 g/mol. The van der Waals surface area contributed by atoms with Crippen LogP contribution in [0.3, 0.4) is 0 Å². The maximum atomic E-state index is 11.6. The van der Waals surface area contributed by atoms with Crippen LogP contribution in [0.25, 0.3) is 10.8 Å². The van der Waals surface area contributed by atoms with Crippen molar-refractivity contribution in [3.8, 4) is 5.75 Å². The molecular formula is C14H17NO7S2. The summed E-state index contributed by atoms with van der Waals surface area (Å²) in [6.45, 7) is 2.41. The molecule has 2 aromatic rings. The van der Waals surface area contributed by atoms with Crippen molar-refractivity contribution < 1.29 is 31.0 Å². The van der Waals surface area contributed by atoms with E-state index in [1.54, 1.807) is 0 Å². The molecule has 0 atom stereocenters. The second-order valence-corrected chi connectivity index (χ2v) is 8.05. The fraction of sp³-hybridized carbons (Fsp3) is 0.286. The van der Waals surface area contributed by atoms with Crippen molar-refractivity contribution in [2.45, 2.75) is 29.6 Å². The highest BCUT2D eigenvalue weighted by molar-refractivity contribution is 7.86. The van der Waals surface area contributed by atoms with E-state index >= 15 is 0 Å². The summed E-state index contributed by atoms with van der Waals surface area (Å²) in [6.07, 6.45) is 1.63. The standard InChI is InChI=1S/C14H17NO7S2/c1-2-3-4-15-12-8-11-9(6-14(12)24(20,21)22)5-10(7-13(11)16)23(17,18)19/h5-8,15-16H,2-4H2,1H3,(H,17,18,19)(H,20,21,22). The number of benzene rings is 2. The lowest BCUT2D eigenvalue weighted by Crippen LogP contribution is -2.08. The maximum Gasteiger partial charge on any atom is 0.296 e.